The predicted molar refractivity (Wildman–Crippen MR) is 132 cm³/mol. The van der Waals surface area contributed by atoms with Crippen molar-refractivity contribution in [2.75, 3.05) is 34.1 Å². The molecule has 1 N–H and O–H groups in total. The Morgan fingerprint density at radius 2 is 1.81 bits per heavy atom. The van der Waals surface area contributed by atoms with Gasteiger partial charge >= 0.3 is 0 Å². The van der Waals surface area contributed by atoms with Crippen molar-refractivity contribution in [1.82, 2.24) is 10.2 Å². The van der Waals surface area contributed by atoms with E-state index in [2.05, 4.69) is 5.32 Å². The molecule has 0 bridgehead atoms. The second-order valence-corrected chi connectivity index (χ2v) is 8.92. The highest BCUT2D eigenvalue weighted by Crippen LogP contribution is 2.40. The molecule has 2 atom stereocenters. The molecular formula is C28H27FN2O6. The minimum atomic E-state index is -0.596. The van der Waals surface area contributed by atoms with Gasteiger partial charge in [-0.2, -0.15) is 0 Å². The third kappa shape index (κ3) is 4.89. The van der Waals surface area contributed by atoms with Gasteiger partial charge in [-0.15, -0.1) is 0 Å². The van der Waals surface area contributed by atoms with E-state index in [1.165, 1.54) is 23.1 Å². The lowest BCUT2D eigenvalue weighted by atomic mass is 9.87. The fourth-order valence-electron chi connectivity index (χ4n) is 4.85. The topological polar surface area (TPSA) is 86.3 Å². The number of carbonyl (C=O) groups is 2. The molecule has 2 aliphatic heterocycles. The summed E-state index contributed by atoms with van der Waals surface area (Å²) < 4.78 is 36.1. The van der Waals surface area contributed by atoms with E-state index in [4.69, 9.17) is 18.9 Å². The zero-order chi connectivity index (χ0) is 25.9. The molecule has 0 saturated carbocycles. The Morgan fingerprint density at radius 1 is 1.00 bits per heavy atom. The first kappa shape index (κ1) is 24.4. The van der Waals surface area contributed by atoms with E-state index in [1.807, 2.05) is 18.2 Å². The van der Waals surface area contributed by atoms with E-state index in [9.17, 15) is 14.0 Å². The normalized spacial score (nSPS) is 18.0. The molecule has 0 aliphatic carbocycles. The first-order valence-corrected chi connectivity index (χ1v) is 11.9. The Labute approximate surface area is 213 Å². The average Bonchev–Trinajstić information content (AvgIpc) is 3.58. The molecule has 9 heteroatoms. The smallest absolute Gasteiger partial charge is 0.256 e. The zero-order valence-corrected chi connectivity index (χ0v) is 20.5. The summed E-state index contributed by atoms with van der Waals surface area (Å²) in [5.41, 5.74) is 1.60. The molecule has 0 aromatic heterocycles. The summed E-state index contributed by atoms with van der Waals surface area (Å²) in [4.78, 5) is 28.2. The first-order valence-electron chi connectivity index (χ1n) is 11.9. The molecule has 3 aromatic carbocycles. The largest absolute Gasteiger partial charge is 0.497 e. The highest BCUT2D eigenvalue weighted by molar-refractivity contribution is 5.95. The van der Waals surface area contributed by atoms with Gasteiger partial charge in [0, 0.05) is 37.2 Å². The van der Waals surface area contributed by atoms with Gasteiger partial charge in [-0.1, -0.05) is 24.3 Å². The number of hydrogen-bond donors (Lipinski definition) is 1. The van der Waals surface area contributed by atoms with Crippen LogP contribution in [0.3, 0.4) is 0 Å². The molecular weight excluding hydrogens is 479 g/mol. The Bertz CT molecular complexity index is 1330. The standard InChI is InChI=1S/C28H27FN2O6/c1-34-18-8-9-19(25(12-18)35-2)21-14-31(28(33)20-5-3-4-6-23(20)29)15-22(21)27(32)30-13-17-7-10-24-26(11-17)37-16-36-24/h3-12,21-22H,13-16H2,1-2H3,(H,30,32)/t21-,22+/m0/s1. The number of likely N-dealkylation sites (tertiary alicyclic amines) is 1. The van der Waals surface area contributed by atoms with Crippen LogP contribution in [0.5, 0.6) is 23.0 Å². The highest BCUT2D eigenvalue weighted by Gasteiger charge is 2.42. The van der Waals surface area contributed by atoms with Gasteiger partial charge in [0.05, 0.1) is 25.7 Å². The molecule has 3 aromatic rings. The number of nitrogens with zero attached hydrogens (tertiary/aromatic N) is 1. The second kappa shape index (κ2) is 10.4. The average molecular weight is 507 g/mol. The van der Waals surface area contributed by atoms with Crippen LogP contribution >= 0.6 is 0 Å². The van der Waals surface area contributed by atoms with Crippen molar-refractivity contribution in [3.05, 3.63) is 83.2 Å². The van der Waals surface area contributed by atoms with Crippen molar-refractivity contribution in [2.45, 2.75) is 12.5 Å². The Balaban J connectivity index is 1.40. The minimum absolute atomic E-state index is 0.0237. The monoisotopic (exact) mass is 506 g/mol. The maximum Gasteiger partial charge on any atom is 0.256 e. The summed E-state index contributed by atoms with van der Waals surface area (Å²) in [6.07, 6.45) is 0. The van der Waals surface area contributed by atoms with Crippen LogP contribution in [0.15, 0.2) is 60.7 Å². The number of halogens is 1. The van der Waals surface area contributed by atoms with E-state index in [1.54, 1.807) is 38.5 Å². The van der Waals surface area contributed by atoms with E-state index < -0.39 is 17.6 Å². The number of hydrogen-bond acceptors (Lipinski definition) is 6. The van der Waals surface area contributed by atoms with E-state index in [0.717, 1.165) is 11.1 Å². The zero-order valence-electron chi connectivity index (χ0n) is 20.5. The summed E-state index contributed by atoms with van der Waals surface area (Å²) in [6.45, 7) is 0.822. The van der Waals surface area contributed by atoms with E-state index in [-0.39, 0.29) is 43.8 Å². The van der Waals surface area contributed by atoms with Crippen molar-refractivity contribution in [2.24, 2.45) is 5.92 Å². The second-order valence-electron chi connectivity index (χ2n) is 8.92. The van der Waals surface area contributed by atoms with Crippen LogP contribution in [0.4, 0.5) is 4.39 Å². The molecule has 5 rings (SSSR count). The lowest BCUT2D eigenvalue weighted by Gasteiger charge is -2.21. The molecule has 2 amide bonds. The SMILES string of the molecule is COc1ccc([C@@H]2CN(C(=O)c3ccccc3F)C[C@H]2C(=O)NCc2ccc3c(c2)OCO3)c(OC)c1. The van der Waals surface area contributed by atoms with Gasteiger partial charge in [-0.25, -0.2) is 4.39 Å². The number of fused-ring (bicyclic) bond motifs is 1. The van der Waals surface area contributed by atoms with Crippen LogP contribution in [0.25, 0.3) is 0 Å². The summed E-state index contributed by atoms with van der Waals surface area (Å²) in [5.74, 6) is 0.253. The van der Waals surface area contributed by atoms with Crippen molar-refractivity contribution >= 4 is 11.8 Å². The number of carbonyl (C=O) groups excluding carboxylic acids is 2. The summed E-state index contributed by atoms with van der Waals surface area (Å²) >= 11 is 0. The van der Waals surface area contributed by atoms with Crippen LogP contribution in [-0.2, 0) is 11.3 Å². The van der Waals surface area contributed by atoms with Gasteiger partial charge in [0.1, 0.15) is 17.3 Å². The number of nitrogens with one attached hydrogen (secondary N) is 1. The Kier molecular flexibility index (Phi) is 6.85. The fraction of sp³-hybridized carbons (Fsp3) is 0.286. The quantitative estimate of drug-likeness (QED) is 0.526. The minimum Gasteiger partial charge on any atom is -0.497 e. The van der Waals surface area contributed by atoms with Crippen LogP contribution in [-0.4, -0.2) is 50.8 Å². The van der Waals surface area contributed by atoms with Crippen molar-refractivity contribution in [1.29, 1.82) is 0 Å². The van der Waals surface area contributed by atoms with Crippen LogP contribution < -0.4 is 24.3 Å². The molecule has 2 heterocycles. The van der Waals surface area contributed by atoms with E-state index >= 15 is 0 Å². The van der Waals surface area contributed by atoms with Crippen LogP contribution in [0.1, 0.15) is 27.4 Å². The van der Waals surface area contributed by atoms with E-state index in [0.29, 0.717) is 23.0 Å². The number of benzene rings is 3. The Hall–Kier alpha value is -4.27. The predicted octanol–water partition coefficient (Wildman–Crippen LogP) is 3.74. The number of amides is 2. The molecule has 0 radical (unpaired) electrons. The highest BCUT2D eigenvalue weighted by atomic mass is 19.1. The van der Waals surface area contributed by atoms with Crippen molar-refractivity contribution in [3.63, 3.8) is 0 Å². The maximum atomic E-state index is 14.4. The third-order valence-electron chi connectivity index (χ3n) is 6.79. The van der Waals surface area contributed by atoms with Gasteiger partial charge in [0.15, 0.2) is 11.5 Å². The molecule has 8 nitrogen and oxygen atoms in total. The molecule has 1 fully saturated rings. The molecule has 2 aliphatic rings. The Morgan fingerprint density at radius 3 is 2.59 bits per heavy atom. The van der Waals surface area contributed by atoms with Gasteiger partial charge in [-0.05, 0) is 35.9 Å². The molecule has 0 unspecified atom stereocenters. The maximum absolute atomic E-state index is 14.4. The molecule has 192 valence electrons. The number of rotatable bonds is 7. The third-order valence-corrected chi connectivity index (χ3v) is 6.79. The lowest BCUT2D eigenvalue weighted by Crippen LogP contribution is -2.35. The molecule has 0 spiro atoms. The summed E-state index contributed by atoms with van der Waals surface area (Å²) in [7, 11) is 3.11. The number of methoxy groups -OCH3 is 2. The fourth-order valence-corrected chi connectivity index (χ4v) is 4.85. The van der Waals surface area contributed by atoms with Gasteiger partial charge < -0.3 is 29.2 Å². The van der Waals surface area contributed by atoms with Gasteiger partial charge in [-0.3, -0.25) is 9.59 Å². The first-order chi connectivity index (χ1) is 18.0. The van der Waals surface area contributed by atoms with Crippen LogP contribution in [0, 0.1) is 11.7 Å². The lowest BCUT2D eigenvalue weighted by molar-refractivity contribution is -0.125. The summed E-state index contributed by atoms with van der Waals surface area (Å²) in [6, 6.07) is 16.7. The van der Waals surface area contributed by atoms with Crippen LogP contribution in [0.2, 0.25) is 0 Å². The number of ether oxygens (including phenoxy) is 4. The van der Waals surface area contributed by atoms with Gasteiger partial charge in [0.2, 0.25) is 12.7 Å². The van der Waals surface area contributed by atoms with Crippen molar-refractivity contribution < 1.29 is 32.9 Å². The molecule has 37 heavy (non-hydrogen) atoms. The van der Waals surface area contributed by atoms with Gasteiger partial charge in [0.25, 0.3) is 5.91 Å². The van der Waals surface area contributed by atoms with Crippen molar-refractivity contribution in [3.8, 4) is 23.0 Å². The molecule has 1 saturated heterocycles. The summed E-state index contributed by atoms with van der Waals surface area (Å²) in [5, 5.41) is 2.99.